The number of rotatable bonds is 2. The summed E-state index contributed by atoms with van der Waals surface area (Å²) in [4.78, 5) is 28.3. The molecule has 1 N–H and O–H groups in total. The fourth-order valence-corrected chi connectivity index (χ4v) is 3.05. The first-order chi connectivity index (χ1) is 7.91. The summed E-state index contributed by atoms with van der Waals surface area (Å²) in [6, 6.07) is 0. The summed E-state index contributed by atoms with van der Waals surface area (Å²) in [6.07, 6.45) is 1.35. The molecule has 1 aromatic rings. The maximum atomic E-state index is 11.9. The van der Waals surface area contributed by atoms with Crippen molar-refractivity contribution < 1.29 is 9.59 Å². The van der Waals surface area contributed by atoms with Crippen molar-refractivity contribution in [3.05, 3.63) is 10.6 Å². The van der Waals surface area contributed by atoms with Gasteiger partial charge in [0.1, 0.15) is 0 Å². The first kappa shape index (κ1) is 12.9. The molecule has 17 heavy (non-hydrogen) atoms. The number of hydrogen-bond donors (Lipinski definition) is 1. The Bertz CT molecular complexity index is 482. The van der Waals surface area contributed by atoms with Gasteiger partial charge in [-0.2, -0.15) is 0 Å². The summed E-state index contributed by atoms with van der Waals surface area (Å²) in [5.74, 6) is 0.0622. The van der Waals surface area contributed by atoms with E-state index in [1.807, 2.05) is 22.6 Å². The minimum atomic E-state index is -0.0802. The van der Waals surface area contributed by atoms with E-state index in [1.54, 1.807) is 0 Å². The molecule has 0 unspecified atom stereocenters. The van der Waals surface area contributed by atoms with E-state index in [2.05, 4.69) is 24.1 Å². The second-order valence-electron chi connectivity index (χ2n) is 4.92. The van der Waals surface area contributed by atoms with Crippen molar-refractivity contribution in [2.45, 2.75) is 26.7 Å². The molecule has 0 spiro atoms. The lowest BCUT2D eigenvalue weighted by Gasteiger charge is -2.26. The normalized spacial score (nSPS) is 17.7. The predicted octanol–water partition coefficient (Wildman–Crippen LogP) is 2.67. The number of ketones is 1. The molecule has 2 rings (SSSR count). The van der Waals surface area contributed by atoms with Crippen LogP contribution >= 0.6 is 33.9 Å². The van der Waals surface area contributed by atoms with E-state index in [0.29, 0.717) is 20.9 Å². The molecule has 6 heteroatoms. The van der Waals surface area contributed by atoms with Crippen molar-refractivity contribution in [3.8, 4) is 0 Å². The first-order valence-corrected chi connectivity index (χ1v) is 7.64. The largest absolute Gasteiger partial charge is 0.301 e. The zero-order valence-electron chi connectivity index (χ0n) is 9.67. The van der Waals surface area contributed by atoms with Crippen LogP contribution in [-0.4, -0.2) is 21.1 Å². The van der Waals surface area contributed by atoms with Gasteiger partial charge in [-0.05, 0) is 11.8 Å². The fourth-order valence-electron chi connectivity index (χ4n) is 1.93. The number of hydrogen-bond acceptors (Lipinski definition) is 4. The van der Waals surface area contributed by atoms with E-state index >= 15 is 0 Å². The van der Waals surface area contributed by atoms with E-state index in [0.717, 1.165) is 12.1 Å². The number of nitrogens with zero attached hydrogens (tertiary/aromatic N) is 1. The molecule has 0 bridgehead atoms. The van der Waals surface area contributed by atoms with Gasteiger partial charge in [-0.3, -0.25) is 9.59 Å². The number of nitrogens with one attached hydrogen (secondary N) is 1. The van der Waals surface area contributed by atoms with Crippen LogP contribution in [0.1, 0.15) is 35.6 Å². The van der Waals surface area contributed by atoms with Crippen LogP contribution in [0.3, 0.4) is 0 Å². The maximum Gasteiger partial charge on any atom is 0.235 e. The smallest absolute Gasteiger partial charge is 0.235 e. The molecule has 0 atom stereocenters. The van der Waals surface area contributed by atoms with Gasteiger partial charge in [0, 0.05) is 6.42 Å². The van der Waals surface area contributed by atoms with Crippen LogP contribution in [0.15, 0.2) is 0 Å². The van der Waals surface area contributed by atoms with E-state index in [1.165, 1.54) is 11.3 Å². The second kappa shape index (κ2) is 4.64. The highest BCUT2D eigenvalue weighted by molar-refractivity contribution is 14.1. The number of halogens is 1. The molecule has 0 saturated heterocycles. The van der Waals surface area contributed by atoms with Gasteiger partial charge in [-0.15, -0.1) is 0 Å². The number of Topliss-reactive ketones (excluding diaryl/α,β-unsaturated/α-hetero) is 1. The van der Waals surface area contributed by atoms with Crippen LogP contribution in [0, 0.1) is 5.41 Å². The molecular formula is C11H13IN2O2S. The summed E-state index contributed by atoms with van der Waals surface area (Å²) in [6.45, 7) is 4.13. The topological polar surface area (TPSA) is 59.1 Å². The number of fused-ring (bicyclic) bond motifs is 1. The van der Waals surface area contributed by atoms with Crippen LogP contribution < -0.4 is 5.32 Å². The molecular weight excluding hydrogens is 351 g/mol. The maximum absolute atomic E-state index is 11.9. The SMILES string of the molecule is CC1(C)CC(=O)c2sc(NC(=O)CI)nc2C1. The van der Waals surface area contributed by atoms with Gasteiger partial charge in [0.25, 0.3) is 0 Å². The minimum absolute atomic E-state index is 0.0251. The molecule has 0 fully saturated rings. The molecule has 1 heterocycles. The van der Waals surface area contributed by atoms with E-state index in [4.69, 9.17) is 0 Å². The summed E-state index contributed by atoms with van der Waals surface area (Å²) in [7, 11) is 0. The Morgan fingerprint density at radius 2 is 2.24 bits per heavy atom. The lowest BCUT2D eigenvalue weighted by molar-refractivity contribution is -0.113. The Morgan fingerprint density at radius 3 is 2.88 bits per heavy atom. The van der Waals surface area contributed by atoms with Crippen molar-refractivity contribution >= 4 is 50.7 Å². The lowest BCUT2D eigenvalue weighted by Crippen LogP contribution is -2.26. The van der Waals surface area contributed by atoms with E-state index < -0.39 is 0 Å². The second-order valence-corrected chi connectivity index (χ2v) is 6.68. The lowest BCUT2D eigenvalue weighted by atomic mass is 9.78. The van der Waals surface area contributed by atoms with Crippen molar-refractivity contribution in [2.24, 2.45) is 5.41 Å². The first-order valence-electron chi connectivity index (χ1n) is 5.30. The van der Waals surface area contributed by atoms with Gasteiger partial charge in [-0.1, -0.05) is 47.8 Å². The Labute approximate surface area is 117 Å². The van der Waals surface area contributed by atoms with Gasteiger partial charge < -0.3 is 5.32 Å². The summed E-state index contributed by atoms with van der Waals surface area (Å²) in [5, 5.41) is 3.25. The summed E-state index contributed by atoms with van der Waals surface area (Å²) >= 11 is 3.29. The Balaban J connectivity index is 2.27. The molecule has 0 aliphatic heterocycles. The van der Waals surface area contributed by atoms with Crippen LogP contribution in [0.5, 0.6) is 0 Å². The third kappa shape index (κ3) is 2.85. The fraction of sp³-hybridized carbons (Fsp3) is 0.545. The van der Waals surface area contributed by atoms with Crippen LogP contribution in [-0.2, 0) is 11.2 Å². The Morgan fingerprint density at radius 1 is 1.53 bits per heavy atom. The zero-order valence-corrected chi connectivity index (χ0v) is 12.6. The third-order valence-electron chi connectivity index (χ3n) is 2.60. The Kier molecular flexibility index (Phi) is 3.53. The molecule has 0 radical (unpaired) electrons. The van der Waals surface area contributed by atoms with Gasteiger partial charge in [0.15, 0.2) is 10.9 Å². The van der Waals surface area contributed by atoms with Crippen LogP contribution in [0.2, 0.25) is 0 Å². The highest BCUT2D eigenvalue weighted by Gasteiger charge is 2.33. The molecule has 0 saturated carbocycles. The number of carbonyl (C=O) groups excluding carboxylic acids is 2. The van der Waals surface area contributed by atoms with Gasteiger partial charge in [-0.25, -0.2) is 4.98 Å². The van der Waals surface area contributed by atoms with Gasteiger partial charge in [0.05, 0.1) is 15.0 Å². The number of thiazole rings is 1. The monoisotopic (exact) mass is 364 g/mol. The number of amides is 1. The van der Waals surface area contributed by atoms with Crippen LogP contribution in [0.4, 0.5) is 5.13 Å². The van der Waals surface area contributed by atoms with Gasteiger partial charge in [0.2, 0.25) is 5.91 Å². The average Bonchev–Trinajstić information content (AvgIpc) is 2.58. The molecule has 1 aliphatic rings. The number of carbonyl (C=O) groups is 2. The minimum Gasteiger partial charge on any atom is -0.301 e. The zero-order chi connectivity index (χ0) is 12.6. The number of alkyl halides is 1. The average molecular weight is 364 g/mol. The quantitative estimate of drug-likeness (QED) is 0.649. The molecule has 4 nitrogen and oxygen atoms in total. The number of aromatic nitrogens is 1. The standard InChI is InChI=1S/C11H13IN2O2S/c1-11(2)3-6-9(7(15)4-11)17-10(13-6)14-8(16)5-12/h3-5H2,1-2H3,(H,13,14,16). The predicted molar refractivity (Wildman–Crippen MR) is 76.1 cm³/mol. The highest BCUT2D eigenvalue weighted by Crippen LogP contribution is 2.38. The summed E-state index contributed by atoms with van der Waals surface area (Å²) in [5.41, 5.74) is 0.808. The van der Waals surface area contributed by atoms with Crippen molar-refractivity contribution in [1.82, 2.24) is 4.98 Å². The van der Waals surface area contributed by atoms with E-state index in [9.17, 15) is 9.59 Å². The molecule has 1 aromatic heterocycles. The van der Waals surface area contributed by atoms with E-state index in [-0.39, 0.29) is 17.1 Å². The van der Waals surface area contributed by atoms with Crippen molar-refractivity contribution in [3.63, 3.8) is 0 Å². The molecule has 0 aromatic carbocycles. The Hall–Kier alpha value is -0.500. The molecule has 92 valence electrons. The number of anilines is 1. The van der Waals surface area contributed by atoms with Gasteiger partial charge >= 0.3 is 0 Å². The van der Waals surface area contributed by atoms with Crippen molar-refractivity contribution in [2.75, 3.05) is 9.74 Å². The summed E-state index contributed by atoms with van der Waals surface area (Å²) < 4.78 is 0.390. The van der Waals surface area contributed by atoms with Crippen molar-refractivity contribution in [1.29, 1.82) is 0 Å². The highest BCUT2D eigenvalue weighted by atomic mass is 127. The van der Waals surface area contributed by atoms with Crippen LogP contribution in [0.25, 0.3) is 0 Å². The molecule has 1 amide bonds. The third-order valence-corrected chi connectivity index (χ3v) is 4.35. The molecule has 1 aliphatic carbocycles.